The van der Waals surface area contributed by atoms with Gasteiger partial charge in [0.2, 0.25) is 5.91 Å². The number of rotatable bonds is 8. The van der Waals surface area contributed by atoms with E-state index in [1.54, 1.807) is 0 Å². The number of carbonyl (C=O) groups excluding carboxylic acids is 2. The SMILES string of the molecule is Cc1ccc(-c2csc(NC(=O)C[C@H]3CC[C@@H](NCC(C)(C)NC(=O)OC(C)(C)C)CC3)n2)cc1. The monoisotopic (exact) mass is 500 g/mol. The largest absolute Gasteiger partial charge is 0.444 e. The van der Waals surface area contributed by atoms with E-state index in [-0.39, 0.29) is 5.91 Å². The van der Waals surface area contributed by atoms with E-state index >= 15 is 0 Å². The molecule has 35 heavy (non-hydrogen) atoms. The molecule has 0 radical (unpaired) electrons. The van der Waals surface area contributed by atoms with Crippen LogP contribution in [0.1, 0.15) is 72.3 Å². The smallest absolute Gasteiger partial charge is 0.408 e. The third-order valence-electron chi connectivity index (χ3n) is 6.09. The highest BCUT2D eigenvalue weighted by atomic mass is 32.1. The molecule has 1 fully saturated rings. The van der Waals surface area contributed by atoms with Gasteiger partial charge in [0.15, 0.2) is 5.13 Å². The van der Waals surface area contributed by atoms with Crippen LogP contribution in [0.4, 0.5) is 9.93 Å². The molecule has 0 atom stereocenters. The second-order valence-electron chi connectivity index (χ2n) is 11.3. The molecule has 1 aromatic carbocycles. The molecular formula is C27H40N4O3S. The fourth-order valence-electron chi connectivity index (χ4n) is 4.21. The average molecular weight is 501 g/mol. The third kappa shape index (κ3) is 9.26. The first kappa shape index (κ1) is 27.1. The fraction of sp³-hybridized carbons (Fsp3) is 0.593. The number of aromatic nitrogens is 1. The summed E-state index contributed by atoms with van der Waals surface area (Å²) in [5, 5.41) is 12.1. The van der Waals surface area contributed by atoms with Gasteiger partial charge in [-0.05, 0) is 73.1 Å². The van der Waals surface area contributed by atoms with Gasteiger partial charge in [-0.15, -0.1) is 11.3 Å². The molecule has 8 heteroatoms. The van der Waals surface area contributed by atoms with Crippen LogP contribution >= 0.6 is 11.3 Å². The molecule has 1 aromatic heterocycles. The normalized spacial score (nSPS) is 18.7. The number of amides is 2. The van der Waals surface area contributed by atoms with E-state index in [9.17, 15) is 9.59 Å². The number of aryl methyl sites for hydroxylation is 1. The topological polar surface area (TPSA) is 92.4 Å². The maximum Gasteiger partial charge on any atom is 0.408 e. The minimum atomic E-state index is -0.513. The van der Waals surface area contributed by atoms with Gasteiger partial charge in [-0.3, -0.25) is 4.79 Å². The van der Waals surface area contributed by atoms with Crippen molar-refractivity contribution in [2.75, 3.05) is 11.9 Å². The number of benzene rings is 1. The molecule has 192 valence electrons. The number of nitrogens with zero attached hydrogens (tertiary/aromatic N) is 1. The standard InChI is InChI=1S/C27H40N4O3S/c1-18-7-11-20(12-8-18)22-16-35-24(29-22)30-23(32)15-19-9-13-21(14-10-19)28-17-27(5,6)31-25(33)34-26(2,3)4/h7-8,11-12,16,19,21,28H,9-10,13-15,17H2,1-6H3,(H,31,33)(H,29,30,32)/t19-,21+. The Bertz CT molecular complexity index is 987. The number of nitrogens with one attached hydrogen (secondary N) is 3. The molecule has 1 heterocycles. The van der Waals surface area contributed by atoms with Crippen LogP contribution < -0.4 is 16.0 Å². The van der Waals surface area contributed by atoms with E-state index < -0.39 is 17.2 Å². The number of anilines is 1. The maximum absolute atomic E-state index is 12.6. The molecule has 3 rings (SSSR count). The fourth-order valence-corrected chi connectivity index (χ4v) is 4.95. The zero-order valence-electron chi connectivity index (χ0n) is 21.9. The van der Waals surface area contributed by atoms with E-state index in [0.717, 1.165) is 36.9 Å². The van der Waals surface area contributed by atoms with Gasteiger partial charge < -0.3 is 20.7 Å². The molecule has 0 spiro atoms. The van der Waals surface area contributed by atoms with Crippen LogP contribution in [0.2, 0.25) is 0 Å². The van der Waals surface area contributed by atoms with Crippen LogP contribution in [0.5, 0.6) is 0 Å². The van der Waals surface area contributed by atoms with Crippen molar-refractivity contribution in [3.05, 3.63) is 35.2 Å². The van der Waals surface area contributed by atoms with Crippen molar-refractivity contribution in [1.29, 1.82) is 0 Å². The molecule has 3 N–H and O–H groups in total. The van der Waals surface area contributed by atoms with Gasteiger partial charge in [0.1, 0.15) is 5.60 Å². The first-order chi connectivity index (χ1) is 16.4. The van der Waals surface area contributed by atoms with E-state index in [2.05, 4.69) is 52.1 Å². The number of alkyl carbamates (subject to hydrolysis) is 1. The first-order valence-electron chi connectivity index (χ1n) is 12.5. The average Bonchev–Trinajstić information content (AvgIpc) is 3.20. The first-order valence-corrected chi connectivity index (χ1v) is 13.3. The zero-order chi connectivity index (χ0) is 25.6. The lowest BCUT2D eigenvalue weighted by Gasteiger charge is -2.33. The summed E-state index contributed by atoms with van der Waals surface area (Å²) in [5.74, 6) is 0.423. The Morgan fingerprint density at radius 3 is 2.34 bits per heavy atom. The second-order valence-corrected chi connectivity index (χ2v) is 12.1. The van der Waals surface area contributed by atoms with Crippen LogP contribution in [0, 0.1) is 12.8 Å². The van der Waals surface area contributed by atoms with E-state index in [4.69, 9.17) is 4.74 Å². The van der Waals surface area contributed by atoms with Crippen molar-refractivity contribution in [2.45, 2.75) is 90.8 Å². The Morgan fingerprint density at radius 1 is 1.06 bits per heavy atom. The van der Waals surface area contributed by atoms with Crippen molar-refractivity contribution in [1.82, 2.24) is 15.6 Å². The maximum atomic E-state index is 12.6. The number of hydrogen-bond acceptors (Lipinski definition) is 6. The number of thiazole rings is 1. The highest BCUT2D eigenvalue weighted by Gasteiger charge is 2.28. The van der Waals surface area contributed by atoms with E-state index in [0.29, 0.717) is 30.1 Å². The van der Waals surface area contributed by atoms with Gasteiger partial charge in [0, 0.05) is 30.0 Å². The molecule has 1 aliphatic carbocycles. The van der Waals surface area contributed by atoms with Gasteiger partial charge in [-0.2, -0.15) is 0 Å². The Balaban J connectivity index is 1.37. The highest BCUT2D eigenvalue weighted by molar-refractivity contribution is 7.14. The molecule has 0 aliphatic heterocycles. The van der Waals surface area contributed by atoms with Crippen LogP contribution in [-0.2, 0) is 9.53 Å². The van der Waals surface area contributed by atoms with Crippen LogP contribution in [-0.4, -0.2) is 40.7 Å². The molecule has 0 bridgehead atoms. The second kappa shape index (κ2) is 11.5. The van der Waals surface area contributed by atoms with Crippen LogP contribution in [0.15, 0.2) is 29.6 Å². The summed E-state index contributed by atoms with van der Waals surface area (Å²) in [7, 11) is 0. The minimum absolute atomic E-state index is 0.0360. The van der Waals surface area contributed by atoms with Gasteiger partial charge in [0.25, 0.3) is 0 Å². The Kier molecular flexibility index (Phi) is 8.94. The van der Waals surface area contributed by atoms with Crippen LogP contribution in [0.3, 0.4) is 0 Å². The van der Waals surface area contributed by atoms with Gasteiger partial charge in [-0.1, -0.05) is 29.8 Å². The molecule has 0 unspecified atom stereocenters. The molecule has 1 aliphatic rings. The van der Waals surface area contributed by atoms with Gasteiger partial charge in [0.05, 0.1) is 11.2 Å². The Labute approximate surface area is 213 Å². The lowest BCUT2D eigenvalue weighted by Crippen LogP contribution is -2.53. The zero-order valence-corrected chi connectivity index (χ0v) is 22.7. The summed E-state index contributed by atoms with van der Waals surface area (Å²) in [6, 6.07) is 8.63. The quantitative estimate of drug-likeness (QED) is 0.420. The molecule has 0 saturated heterocycles. The summed E-state index contributed by atoms with van der Waals surface area (Å²) in [6.07, 6.45) is 4.20. The molecule has 2 aromatic rings. The van der Waals surface area contributed by atoms with Crippen molar-refractivity contribution in [3.8, 4) is 11.3 Å². The Morgan fingerprint density at radius 2 is 1.71 bits per heavy atom. The molecule has 2 amide bonds. The minimum Gasteiger partial charge on any atom is -0.444 e. The van der Waals surface area contributed by atoms with E-state index in [1.165, 1.54) is 16.9 Å². The van der Waals surface area contributed by atoms with Crippen molar-refractivity contribution in [3.63, 3.8) is 0 Å². The number of hydrogen-bond donors (Lipinski definition) is 3. The van der Waals surface area contributed by atoms with Crippen molar-refractivity contribution in [2.24, 2.45) is 5.92 Å². The van der Waals surface area contributed by atoms with E-state index in [1.807, 2.05) is 40.0 Å². The van der Waals surface area contributed by atoms with Crippen molar-refractivity contribution >= 4 is 28.5 Å². The van der Waals surface area contributed by atoms with Gasteiger partial charge in [-0.25, -0.2) is 9.78 Å². The summed E-state index contributed by atoms with van der Waals surface area (Å²) in [6.45, 7) is 12.3. The summed E-state index contributed by atoms with van der Waals surface area (Å²) >= 11 is 1.46. The molecule has 7 nitrogen and oxygen atoms in total. The molecule has 1 saturated carbocycles. The van der Waals surface area contributed by atoms with Gasteiger partial charge >= 0.3 is 6.09 Å². The Hall–Kier alpha value is -2.45. The lowest BCUT2D eigenvalue weighted by molar-refractivity contribution is -0.117. The predicted octanol–water partition coefficient (Wildman–Crippen LogP) is 5.90. The lowest BCUT2D eigenvalue weighted by atomic mass is 9.83. The number of carbonyl (C=O) groups is 2. The summed E-state index contributed by atoms with van der Waals surface area (Å²) < 4.78 is 5.37. The van der Waals surface area contributed by atoms with Crippen molar-refractivity contribution < 1.29 is 14.3 Å². The third-order valence-corrected chi connectivity index (χ3v) is 6.85. The summed E-state index contributed by atoms with van der Waals surface area (Å²) in [5.41, 5.74) is 2.23. The molecular weight excluding hydrogens is 460 g/mol. The van der Waals surface area contributed by atoms with Crippen LogP contribution in [0.25, 0.3) is 11.3 Å². The predicted molar refractivity (Wildman–Crippen MR) is 143 cm³/mol. The highest BCUT2D eigenvalue weighted by Crippen LogP contribution is 2.29. The number of ether oxygens (including phenoxy) is 1. The summed E-state index contributed by atoms with van der Waals surface area (Å²) in [4.78, 5) is 29.3.